The van der Waals surface area contributed by atoms with Crippen LogP contribution in [0.5, 0.6) is 0 Å². The van der Waals surface area contributed by atoms with Gasteiger partial charge in [0.1, 0.15) is 17.8 Å². The van der Waals surface area contributed by atoms with Crippen LogP contribution in [-0.4, -0.2) is 35.6 Å². The lowest BCUT2D eigenvalue weighted by atomic mass is 10.1. The number of carbonyl (C=O) groups excluding carboxylic acids is 1. The summed E-state index contributed by atoms with van der Waals surface area (Å²) in [4.78, 5) is 25.2. The fourth-order valence-electron chi connectivity index (χ4n) is 3.63. The molecule has 1 aromatic carbocycles. The van der Waals surface area contributed by atoms with E-state index in [0.717, 1.165) is 24.4 Å². The van der Waals surface area contributed by atoms with Crippen molar-refractivity contribution in [2.75, 3.05) is 5.32 Å². The third-order valence-corrected chi connectivity index (χ3v) is 5.67. The fourth-order valence-corrected chi connectivity index (χ4v) is 3.63. The molecule has 5 rings (SSSR count). The van der Waals surface area contributed by atoms with Crippen molar-refractivity contribution in [3.05, 3.63) is 84.1 Å². The standard InChI is InChI=1S/C23H21FN8O/c1-32-20(30-31-21(32)18-7-10-25-14-28-18)13-26-17-4-2-3-15(11-17)22(33)29-23(8-9-23)19-6-5-16(24)12-27-19/h2-7,10-12,14,26H,8-9,13H2,1H3,(H,29,33). The number of hydrogen-bond acceptors (Lipinski definition) is 7. The zero-order chi connectivity index (χ0) is 22.8. The van der Waals surface area contributed by atoms with Crippen LogP contribution in [0.25, 0.3) is 11.5 Å². The first kappa shape index (κ1) is 20.7. The maximum absolute atomic E-state index is 13.2. The number of halogens is 1. The van der Waals surface area contributed by atoms with Crippen LogP contribution in [0.3, 0.4) is 0 Å². The van der Waals surface area contributed by atoms with E-state index in [1.165, 1.54) is 18.6 Å². The van der Waals surface area contributed by atoms with Crippen molar-refractivity contribution in [1.82, 2.24) is 35.0 Å². The van der Waals surface area contributed by atoms with Gasteiger partial charge in [-0.05, 0) is 49.2 Å². The molecule has 0 radical (unpaired) electrons. The molecule has 1 amide bonds. The van der Waals surface area contributed by atoms with Gasteiger partial charge in [0, 0.05) is 24.5 Å². The lowest BCUT2D eigenvalue weighted by Crippen LogP contribution is -2.35. The number of benzene rings is 1. The van der Waals surface area contributed by atoms with Gasteiger partial charge in [-0.3, -0.25) is 9.78 Å². The Morgan fingerprint density at radius 2 is 2.03 bits per heavy atom. The van der Waals surface area contributed by atoms with Gasteiger partial charge in [-0.2, -0.15) is 0 Å². The number of aromatic nitrogens is 6. The van der Waals surface area contributed by atoms with Gasteiger partial charge in [0.05, 0.1) is 24.0 Å². The number of nitrogens with one attached hydrogen (secondary N) is 2. The van der Waals surface area contributed by atoms with Gasteiger partial charge in [-0.1, -0.05) is 6.07 Å². The summed E-state index contributed by atoms with van der Waals surface area (Å²) in [5, 5.41) is 14.8. The SMILES string of the molecule is Cn1c(CNc2cccc(C(=O)NC3(c4ccc(F)cn4)CC3)c2)nnc1-c1ccncn1. The van der Waals surface area contributed by atoms with E-state index < -0.39 is 11.4 Å². The molecule has 9 nitrogen and oxygen atoms in total. The Morgan fingerprint density at radius 3 is 2.76 bits per heavy atom. The van der Waals surface area contributed by atoms with Crippen LogP contribution in [-0.2, 0) is 19.1 Å². The predicted molar refractivity (Wildman–Crippen MR) is 118 cm³/mol. The second kappa shape index (κ2) is 8.38. The summed E-state index contributed by atoms with van der Waals surface area (Å²) in [7, 11) is 1.87. The molecular weight excluding hydrogens is 423 g/mol. The first-order valence-electron chi connectivity index (χ1n) is 10.5. The summed E-state index contributed by atoms with van der Waals surface area (Å²) < 4.78 is 15.1. The first-order chi connectivity index (χ1) is 16.0. The van der Waals surface area contributed by atoms with Gasteiger partial charge in [0.2, 0.25) is 0 Å². The summed E-state index contributed by atoms with van der Waals surface area (Å²) in [5.74, 6) is 0.767. The quantitative estimate of drug-likeness (QED) is 0.451. The van der Waals surface area contributed by atoms with E-state index in [0.29, 0.717) is 29.3 Å². The minimum atomic E-state index is -0.524. The third-order valence-electron chi connectivity index (χ3n) is 5.67. The van der Waals surface area contributed by atoms with E-state index in [-0.39, 0.29) is 5.91 Å². The van der Waals surface area contributed by atoms with Crippen LogP contribution in [0, 0.1) is 5.82 Å². The van der Waals surface area contributed by atoms with Gasteiger partial charge in [-0.25, -0.2) is 14.4 Å². The zero-order valence-electron chi connectivity index (χ0n) is 17.9. The molecule has 1 fully saturated rings. The fraction of sp³-hybridized carbons (Fsp3) is 0.217. The highest BCUT2D eigenvalue weighted by Crippen LogP contribution is 2.44. The molecule has 3 aromatic heterocycles. The largest absolute Gasteiger partial charge is 0.378 e. The average Bonchev–Trinajstić information content (AvgIpc) is 3.53. The highest BCUT2D eigenvalue weighted by Gasteiger charge is 2.47. The van der Waals surface area contributed by atoms with Crippen LogP contribution in [0.2, 0.25) is 0 Å². The summed E-state index contributed by atoms with van der Waals surface area (Å²) >= 11 is 0. The summed E-state index contributed by atoms with van der Waals surface area (Å²) in [6.45, 7) is 0.420. The van der Waals surface area contributed by atoms with Gasteiger partial charge in [0.15, 0.2) is 11.6 Å². The van der Waals surface area contributed by atoms with Crippen molar-refractivity contribution >= 4 is 11.6 Å². The molecule has 10 heteroatoms. The number of rotatable bonds is 7. The molecule has 2 N–H and O–H groups in total. The number of carbonyl (C=O) groups is 1. The van der Waals surface area contributed by atoms with Gasteiger partial charge < -0.3 is 15.2 Å². The molecule has 33 heavy (non-hydrogen) atoms. The van der Waals surface area contributed by atoms with E-state index >= 15 is 0 Å². The molecule has 0 aliphatic heterocycles. The molecular formula is C23H21FN8O. The highest BCUT2D eigenvalue weighted by atomic mass is 19.1. The Balaban J connectivity index is 1.26. The molecule has 0 unspecified atom stereocenters. The molecule has 0 atom stereocenters. The van der Waals surface area contributed by atoms with Gasteiger partial charge >= 0.3 is 0 Å². The van der Waals surface area contributed by atoms with E-state index in [9.17, 15) is 9.18 Å². The Morgan fingerprint density at radius 1 is 1.15 bits per heavy atom. The monoisotopic (exact) mass is 444 g/mol. The smallest absolute Gasteiger partial charge is 0.252 e. The average molecular weight is 444 g/mol. The molecule has 3 heterocycles. The molecule has 1 aliphatic carbocycles. The second-order valence-corrected chi connectivity index (χ2v) is 7.93. The van der Waals surface area contributed by atoms with Crippen molar-refractivity contribution < 1.29 is 9.18 Å². The van der Waals surface area contributed by atoms with Crippen molar-refractivity contribution in [2.24, 2.45) is 7.05 Å². The second-order valence-electron chi connectivity index (χ2n) is 7.93. The summed E-state index contributed by atoms with van der Waals surface area (Å²) in [6, 6.07) is 12.0. The maximum Gasteiger partial charge on any atom is 0.252 e. The predicted octanol–water partition coefficient (Wildman–Crippen LogP) is 2.84. The molecule has 4 aromatic rings. The van der Waals surface area contributed by atoms with Gasteiger partial charge in [0.25, 0.3) is 5.91 Å². The number of anilines is 1. The number of amides is 1. The first-order valence-corrected chi connectivity index (χ1v) is 10.5. The molecule has 166 valence electrons. The lowest BCUT2D eigenvalue weighted by molar-refractivity contribution is 0.0930. The van der Waals surface area contributed by atoms with Crippen LogP contribution in [0.4, 0.5) is 10.1 Å². The van der Waals surface area contributed by atoms with Crippen LogP contribution in [0.15, 0.2) is 61.2 Å². The summed E-state index contributed by atoms with van der Waals surface area (Å²) in [5.41, 5.74) is 2.14. The van der Waals surface area contributed by atoms with Crippen molar-refractivity contribution in [3.8, 4) is 11.5 Å². The van der Waals surface area contributed by atoms with Crippen LogP contribution < -0.4 is 10.6 Å². The molecule has 1 saturated carbocycles. The number of nitrogens with zero attached hydrogens (tertiary/aromatic N) is 6. The number of pyridine rings is 1. The number of hydrogen-bond donors (Lipinski definition) is 2. The zero-order valence-corrected chi connectivity index (χ0v) is 17.9. The Labute approximate surface area is 189 Å². The van der Waals surface area contributed by atoms with E-state index in [1.54, 1.807) is 30.5 Å². The summed E-state index contributed by atoms with van der Waals surface area (Å²) in [6.07, 6.45) is 5.85. The van der Waals surface area contributed by atoms with Crippen molar-refractivity contribution in [2.45, 2.75) is 24.9 Å². The lowest BCUT2D eigenvalue weighted by Gasteiger charge is -2.17. The van der Waals surface area contributed by atoms with E-state index in [2.05, 4.69) is 35.8 Å². The van der Waals surface area contributed by atoms with Gasteiger partial charge in [-0.15, -0.1) is 10.2 Å². The molecule has 0 spiro atoms. The third kappa shape index (κ3) is 4.27. The molecule has 0 bridgehead atoms. The van der Waals surface area contributed by atoms with E-state index in [4.69, 9.17) is 0 Å². The Hall–Kier alpha value is -4.21. The van der Waals surface area contributed by atoms with Crippen LogP contribution >= 0.6 is 0 Å². The topological polar surface area (TPSA) is 111 Å². The molecule has 0 saturated heterocycles. The Bertz CT molecular complexity index is 1290. The minimum absolute atomic E-state index is 0.202. The normalized spacial score (nSPS) is 14.0. The highest BCUT2D eigenvalue weighted by molar-refractivity contribution is 5.95. The molecule has 1 aliphatic rings. The Kier molecular flexibility index (Phi) is 5.25. The maximum atomic E-state index is 13.2. The van der Waals surface area contributed by atoms with E-state index in [1.807, 2.05) is 23.7 Å². The van der Waals surface area contributed by atoms with Crippen molar-refractivity contribution in [1.29, 1.82) is 0 Å². The van der Waals surface area contributed by atoms with Crippen LogP contribution in [0.1, 0.15) is 34.7 Å². The van der Waals surface area contributed by atoms with Crippen molar-refractivity contribution in [3.63, 3.8) is 0 Å². The minimum Gasteiger partial charge on any atom is -0.378 e.